The fourth-order valence-electron chi connectivity index (χ4n) is 3.49. The van der Waals surface area contributed by atoms with Crippen molar-refractivity contribution >= 4 is 23.4 Å². The van der Waals surface area contributed by atoms with Crippen molar-refractivity contribution in [3.63, 3.8) is 0 Å². The first-order chi connectivity index (χ1) is 15.5. The number of nitrogens with zero attached hydrogens (tertiary/aromatic N) is 1. The molecule has 0 saturated carbocycles. The van der Waals surface area contributed by atoms with Crippen molar-refractivity contribution in [2.75, 3.05) is 6.54 Å². The maximum atomic E-state index is 12.9. The van der Waals surface area contributed by atoms with E-state index in [9.17, 15) is 9.59 Å². The van der Waals surface area contributed by atoms with Gasteiger partial charge in [-0.25, -0.2) is 0 Å². The molecule has 0 aliphatic heterocycles. The number of carbonyl (C=O) groups is 2. The number of amides is 2. The molecule has 0 aromatic heterocycles. The summed E-state index contributed by atoms with van der Waals surface area (Å²) in [6.45, 7) is 1.89. The Morgan fingerprint density at radius 3 is 2.28 bits per heavy atom. The van der Waals surface area contributed by atoms with E-state index < -0.39 is 6.04 Å². The molecule has 0 heterocycles. The number of hydrogen-bond donors (Lipinski definition) is 2. The molecular weight excluding hydrogens is 422 g/mol. The number of hydrogen-bond acceptors (Lipinski definition) is 3. The topological polar surface area (TPSA) is 82.0 Å². The van der Waals surface area contributed by atoms with Crippen LogP contribution in [-0.2, 0) is 4.79 Å². The van der Waals surface area contributed by atoms with Gasteiger partial charge in [0.25, 0.3) is 5.91 Å². The first kappa shape index (κ1) is 23.1. The van der Waals surface area contributed by atoms with E-state index in [1.165, 1.54) is 0 Å². The SMILES string of the molecule is CC(CC(NC(=O)c1ccc(-c2ccccc2Cl)cc1)C(=O)NCC#N)c1ccccc1. The van der Waals surface area contributed by atoms with Crippen molar-refractivity contribution in [3.8, 4) is 17.2 Å². The molecule has 0 bridgehead atoms. The Balaban J connectivity index is 1.74. The third kappa shape index (κ3) is 5.96. The van der Waals surface area contributed by atoms with Crippen LogP contribution in [0.4, 0.5) is 0 Å². The van der Waals surface area contributed by atoms with Crippen LogP contribution in [-0.4, -0.2) is 24.4 Å². The molecule has 2 atom stereocenters. The van der Waals surface area contributed by atoms with Crippen molar-refractivity contribution < 1.29 is 9.59 Å². The fraction of sp³-hybridized carbons (Fsp3) is 0.192. The van der Waals surface area contributed by atoms with E-state index in [2.05, 4.69) is 10.6 Å². The van der Waals surface area contributed by atoms with Gasteiger partial charge in [-0.15, -0.1) is 0 Å². The molecule has 2 unspecified atom stereocenters. The van der Waals surface area contributed by atoms with Gasteiger partial charge in [0.15, 0.2) is 0 Å². The van der Waals surface area contributed by atoms with Crippen LogP contribution in [0.2, 0.25) is 5.02 Å². The van der Waals surface area contributed by atoms with Gasteiger partial charge in [0.2, 0.25) is 5.91 Å². The summed E-state index contributed by atoms with van der Waals surface area (Å²) in [4.78, 5) is 25.5. The first-order valence-corrected chi connectivity index (χ1v) is 10.7. The molecule has 3 aromatic rings. The van der Waals surface area contributed by atoms with Gasteiger partial charge < -0.3 is 10.6 Å². The highest BCUT2D eigenvalue weighted by Gasteiger charge is 2.24. The zero-order chi connectivity index (χ0) is 22.9. The van der Waals surface area contributed by atoms with Crippen molar-refractivity contribution in [1.82, 2.24) is 10.6 Å². The van der Waals surface area contributed by atoms with Crippen molar-refractivity contribution in [1.29, 1.82) is 5.26 Å². The van der Waals surface area contributed by atoms with E-state index in [4.69, 9.17) is 16.9 Å². The maximum absolute atomic E-state index is 12.9. The Morgan fingerprint density at radius 1 is 0.969 bits per heavy atom. The van der Waals surface area contributed by atoms with Gasteiger partial charge in [-0.3, -0.25) is 9.59 Å². The van der Waals surface area contributed by atoms with Gasteiger partial charge in [0.1, 0.15) is 12.6 Å². The minimum Gasteiger partial charge on any atom is -0.341 e. The lowest BCUT2D eigenvalue weighted by Crippen LogP contribution is -2.47. The minimum atomic E-state index is -0.769. The molecule has 3 rings (SSSR count). The third-order valence-corrected chi connectivity index (χ3v) is 5.58. The predicted molar refractivity (Wildman–Crippen MR) is 126 cm³/mol. The summed E-state index contributed by atoms with van der Waals surface area (Å²) in [7, 11) is 0. The normalized spacial score (nSPS) is 12.3. The van der Waals surface area contributed by atoms with E-state index >= 15 is 0 Å². The number of nitriles is 1. The van der Waals surface area contributed by atoms with Gasteiger partial charge in [-0.2, -0.15) is 5.26 Å². The summed E-state index contributed by atoms with van der Waals surface area (Å²) < 4.78 is 0. The summed E-state index contributed by atoms with van der Waals surface area (Å²) in [5.41, 5.74) is 3.29. The Labute approximate surface area is 193 Å². The monoisotopic (exact) mass is 445 g/mol. The van der Waals surface area contributed by atoms with E-state index in [1.807, 2.05) is 79.7 Å². The van der Waals surface area contributed by atoms with Gasteiger partial charge in [-0.1, -0.05) is 79.2 Å². The fourth-order valence-corrected chi connectivity index (χ4v) is 3.74. The molecule has 3 aromatic carbocycles. The highest BCUT2D eigenvalue weighted by molar-refractivity contribution is 6.33. The summed E-state index contributed by atoms with van der Waals surface area (Å²) in [5, 5.41) is 14.8. The molecule has 2 amide bonds. The maximum Gasteiger partial charge on any atom is 0.251 e. The standard InChI is InChI=1S/C26H24ClN3O2/c1-18(19-7-3-2-4-8-19)17-24(26(32)29-16-15-28)30-25(31)21-13-11-20(12-14-21)22-9-5-6-10-23(22)27/h2-14,18,24H,16-17H2,1H3,(H,29,32)(H,30,31). The predicted octanol–water partition coefficient (Wildman–Crippen LogP) is 4.94. The Hall–Kier alpha value is -3.62. The second-order valence-electron chi connectivity index (χ2n) is 7.51. The van der Waals surface area contributed by atoms with Gasteiger partial charge >= 0.3 is 0 Å². The minimum absolute atomic E-state index is 0.0388. The lowest BCUT2D eigenvalue weighted by molar-refractivity contribution is -0.123. The van der Waals surface area contributed by atoms with Crippen LogP contribution in [0.15, 0.2) is 78.9 Å². The molecule has 5 nitrogen and oxygen atoms in total. The lowest BCUT2D eigenvalue weighted by Gasteiger charge is -2.22. The first-order valence-electron chi connectivity index (χ1n) is 10.3. The van der Waals surface area contributed by atoms with Gasteiger partial charge in [0.05, 0.1) is 6.07 Å². The molecule has 0 saturated heterocycles. The zero-order valence-corrected chi connectivity index (χ0v) is 18.5. The van der Waals surface area contributed by atoms with Crippen LogP contribution >= 0.6 is 11.6 Å². The quantitative estimate of drug-likeness (QED) is 0.482. The van der Waals surface area contributed by atoms with Crippen LogP contribution in [0.1, 0.15) is 35.2 Å². The van der Waals surface area contributed by atoms with Gasteiger partial charge in [-0.05, 0) is 41.7 Å². The second-order valence-corrected chi connectivity index (χ2v) is 7.91. The summed E-state index contributed by atoms with van der Waals surface area (Å²) in [5.74, 6) is -0.694. The number of carbonyl (C=O) groups excluding carboxylic acids is 2. The molecule has 0 aliphatic carbocycles. The number of halogens is 1. The largest absolute Gasteiger partial charge is 0.341 e. The van der Waals surface area contributed by atoms with Crippen LogP contribution in [0, 0.1) is 11.3 Å². The van der Waals surface area contributed by atoms with Gasteiger partial charge in [0, 0.05) is 16.1 Å². The van der Waals surface area contributed by atoms with Crippen molar-refractivity contribution in [3.05, 3.63) is 95.0 Å². The summed E-state index contributed by atoms with van der Waals surface area (Å²) in [6.07, 6.45) is 0.407. The Bertz CT molecular complexity index is 1110. The molecule has 0 aliphatic rings. The van der Waals surface area contributed by atoms with Crippen LogP contribution in [0.3, 0.4) is 0 Å². The van der Waals surface area contributed by atoms with E-state index in [0.29, 0.717) is 17.0 Å². The molecular formula is C26H24ClN3O2. The molecule has 0 radical (unpaired) electrons. The molecule has 0 fully saturated rings. The Morgan fingerprint density at radius 2 is 1.62 bits per heavy atom. The second kappa shape index (κ2) is 11.1. The molecule has 6 heteroatoms. The highest BCUT2D eigenvalue weighted by atomic mass is 35.5. The van der Waals surface area contributed by atoms with Crippen molar-refractivity contribution in [2.45, 2.75) is 25.3 Å². The Kier molecular flexibility index (Phi) is 8.02. The van der Waals surface area contributed by atoms with Crippen LogP contribution < -0.4 is 10.6 Å². The molecule has 2 N–H and O–H groups in total. The zero-order valence-electron chi connectivity index (χ0n) is 17.7. The van der Waals surface area contributed by atoms with E-state index in [0.717, 1.165) is 16.7 Å². The average molecular weight is 446 g/mol. The molecule has 162 valence electrons. The third-order valence-electron chi connectivity index (χ3n) is 5.25. The number of rotatable bonds is 8. The lowest BCUT2D eigenvalue weighted by atomic mass is 9.93. The van der Waals surface area contributed by atoms with Crippen molar-refractivity contribution in [2.24, 2.45) is 0 Å². The summed E-state index contributed by atoms with van der Waals surface area (Å²) >= 11 is 6.26. The number of nitrogens with one attached hydrogen (secondary N) is 2. The number of benzene rings is 3. The highest BCUT2D eigenvalue weighted by Crippen LogP contribution is 2.27. The van der Waals surface area contributed by atoms with Crippen LogP contribution in [0.5, 0.6) is 0 Å². The average Bonchev–Trinajstić information content (AvgIpc) is 2.83. The molecule has 0 spiro atoms. The smallest absolute Gasteiger partial charge is 0.251 e. The molecule has 32 heavy (non-hydrogen) atoms. The van der Waals surface area contributed by atoms with Crippen LogP contribution in [0.25, 0.3) is 11.1 Å². The van der Waals surface area contributed by atoms with E-state index in [-0.39, 0.29) is 24.3 Å². The summed E-state index contributed by atoms with van der Waals surface area (Å²) in [6, 6.07) is 25.5. The van der Waals surface area contributed by atoms with E-state index in [1.54, 1.807) is 12.1 Å².